The molecular weight excluding hydrogens is 583 g/mol. The van der Waals surface area contributed by atoms with Crippen LogP contribution in [0, 0.1) is 6.92 Å². The zero-order valence-electron chi connectivity index (χ0n) is 24.3. The van der Waals surface area contributed by atoms with Crippen molar-refractivity contribution in [1.82, 2.24) is 0 Å². The maximum absolute atomic E-state index is 13.5. The highest BCUT2D eigenvalue weighted by Gasteiger charge is 2.38. The molecule has 0 saturated heterocycles. The molecule has 1 aliphatic heterocycles. The van der Waals surface area contributed by atoms with Crippen molar-refractivity contribution in [2.45, 2.75) is 36.8 Å². The summed E-state index contributed by atoms with van der Waals surface area (Å²) in [6.45, 7) is 3.76. The summed E-state index contributed by atoms with van der Waals surface area (Å²) in [6.07, 6.45) is 1.73. The van der Waals surface area contributed by atoms with Gasteiger partial charge in [-0.05, 0) is 48.2 Å². The quantitative estimate of drug-likeness (QED) is 0.181. The zero-order chi connectivity index (χ0) is 30.7. The van der Waals surface area contributed by atoms with E-state index in [4.69, 9.17) is 4.42 Å². The molecule has 7 nitrogen and oxygen atoms in total. The Morgan fingerprint density at radius 2 is 1.67 bits per heavy atom. The molecule has 1 aliphatic rings. The zero-order valence-corrected chi connectivity index (χ0v) is 25.9. The lowest BCUT2D eigenvalue weighted by molar-refractivity contribution is 0.0989. The third-order valence-electron chi connectivity index (χ3n) is 8.19. The molecule has 1 aromatic heterocycles. The van der Waals surface area contributed by atoms with Crippen LogP contribution in [0.2, 0.25) is 0 Å². The van der Waals surface area contributed by atoms with Crippen LogP contribution in [0.1, 0.15) is 45.6 Å². The third kappa shape index (κ3) is 4.96. The number of hydrogen-bond acceptors (Lipinski definition) is 6. The molecule has 0 amide bonds. The minimum atomic E-state index is -3.69. The minimum absolute atomic E-state index is 0.104. The number of anilines is 1. The van der Waals surface area contributed by atoms with E-state index in [0.29, 0.717) is 56.0 Å². The fourth-order valence-corrected chi connectivity index (χ4v) is 8.28. The molecule has 0 N–H and O–H groups in total. The van der Waals surface area contributed by atoms with Crippen molar-refractivity contribution in [2.75, 3.05) is 17.6 Å². The number of rotatable bonds is 7. The normalized spacial score (nSPS) is 15.9. The smallest absolute Gasteiger partial charge is 0.232 e. The molecule has 6 rings (SSSR count). The van der Waals surface area contributed by atoms with Crippen molar-refractivity contribution in [3.63, 3.8) is 0 Å². The van der Waals surface area contributed by atoms with Crippen LogP contribution in [0.25, 0.3) is 33.4 Å². The van der Waals surface area contributed by atoms with E-state index >= 15 is 0 Å². The fourth-order valence-electron chi connectivity index (χ4n) is 5.78. The number of hydrogen-bond donors (Lipinski definition) is 0. The molecule has 2 heterocycles. The number of ketones is 1. The van der Waals surface area contributed by atoms with E-state index in [1.165, 1.54) is 11.4 Å². The number of Topliss-reactive ketones (excluding diaryl/α,β-unsaturated/α-hetero) is 1. The molecule has 4 aromatic carbocycles. The maximum Gasteiger partial charge on any atom is 0.232 e. The topological polar surface area (TPSA) is 102 Å². The highest BCUT2D eigenvalue weighted by molar-refractivity contribution is 7.92. The maximum atomic E-state index is 13.5. The monoisotopic (exact) mass is 613 g/mol. The lowest BCUT2D eigenvalue weighted by Crippen LogP contribution is -2.25. The van der Waals surface area contributed by atoms with E-state index in [9.17, 15) is 21.6 Å². The Bertz CT molecular complexity index is 2130. The van der Waals surface area contributed by atoms with Crippen molar-refractivity contribution in [3.05, 3.63) is 107 Å². The first-order chi connectivity index (χ1) is 20.4. The Morgan fingerprint density at radius 1 is 0.953 bits per heavy atom. The van der Waals surface area contributed by atoms with E-state index in [1.54, 1.807) is 49.4 Å². The van der Waals surface area contributed by atoms with Crippen molar-refractivity contribution in [2.24, 2.45) is 0 Å². The largest absolute Gasteiger partial charge is 0.455 e. The average Bonchev–Trinajstić information content (AvgIpc) is 3.49. The summed E-state index contributed by atoms with van der Waals surface area (Å²) in [5, 5.41) is -0.196. The molecule has 0 radical (unpaired) electrons. The number of benzene rings is 4. The van der Waals surface area contributed by atoms with E-state index < -0.39 is 25.1 Å². The van der Waals surface area contributed by atoms with Crippen LogP contribution >= 0.6 is 0 Å². The van der Waals surface area contributed by atoms with Crippen molar-refractivity contribution >= 4 is 42.3 Å². The molecule has 43 heavy (non-hydrogen) atoms. The lowest BCUT2D eigenvalue weighted by Gasteiger charge is -2.21. The standard InChI is InChI=1S/C34H31NO6S2/c1-5-29(36)33-27-19-26(23-10-8-11-24(17-23)32-18-25-9-6-7-12-31(25)43(32,39)40)28(35(3)42(4,37)38)20-30(27)41-34(33)22-15-13-21(2)14-16-22/h6-17,19-20,32H,5,18H2,1-4H3. The molecule has 5 aromatic rings. The molecule has 9 heteroatoms. The number of aryl methyl sites for hydroxylation is 1. The summed E-state index contributed by atoms with van der Waals surface area (Å²) in [6, 6.07) is 25.3. The molecule has 0 aliphatic carbocycles. The second-order valence-corrected chi connectivity index (χ2v) is 15.1. The van der Waals surface area contributed by atoms with Crippen molar-refractivity contribution in [1.29, 1.82) is 0 Å². The van der Waals surface area contributed by atoms with Gasteiger partial charge in [-0.3, -0.25) is 9.10 Å². The predicted molar refractivity (Wildman–Crippen MR) is 170 cm³/mol. The van der Waals surface area contributed by atoms with Crippen LogP contribution in [-0.2, 0) is 26.3 Å². The molecular formula is C34H31NO6S2. The SMILES string of the molecule is CCC(=O)c1c(-c2ccc(C)cc2)oc2cc(N(C)S(C)(=O)=O)c(-c3cccc(C4Cc5ccccc5S4(=O)=O)c3)cc12. The van der Waals surface area contributed by atoms with E-state index in [0.717, 1.165) is 22.9 Å². The minimum Gasteiger partial charge on any atom is -0.455 e. The highest BCUT2D eigenvalue weighted by Crippen LogP contribution is 2.44. The molecule has 0 saturated carbocycles. The van der Waals surface area contributed by atoms with Gasteiger partial charge in [-0.15, -0.1) is 0 Å². The number of carbonyl (C=O) groups excluding carboxylic acids is 1. The Balaban J connectivity index is 1.58. The molecule has 1 unspecified atom stereocenters. The average molecular weight is 614 g/mol. The van der Waals surface area contributed by atoms with Crippen LogP contribution in [0.15, 0.2) is 94.2 Å². The summed E-state index contributed by atoms with van der Waals surface area (Å²) in [4.78, 5) is 13.7. The Morgan fingerprint density at radius 3 is 2.35 bits per heavy atom. The summed E-state index contributed by atoms with van der Waals surface area (Å²) in [5.74, 6) is 0.323. The van der Waals surface area contributed by atoms with Gasteiger partial charge in [0.25, 0.3) is 0 Å². The van der Waals surface area contributed by atoms with Gasteiger partial charge in [0.1, 0.15) is 11.3 Å². The number of fused-ring (bicyclic) bond motifs is 2. The fraction of sp³-hybridized carbons (Fsp3) is 0.206. The number of furan rings is 1. The van der Waals surface area contributed by atoms with Gasteiger partial charge in [0.15, 0.2) is 15.6 Å². The van der Waals surface area contributed by atoms with Gasteiger partial charge in [0.2, 0.25) is 10.0 Å². The van der Waals surface area contributed by atoms with Gasteiger partial charge < -0.3 is 4.42 Å². The van der Waals surface area contributed by atoms with Gasteiger partial charge in [-0.2, -0.15) is 0 Å². The predicted octanol–water partition coefficient (Wildman–Crippen LogP) is 7.13. The molecule has 1 atom stereocenters. The van der Waals surface area contributed by atoms with Gasteiger partial charge in [-0.25, -0.2) is 16.8 Å². The first-order valence-corrected chi connectivity index (χ1v) is 17.4. The molecule has 0 spiro atoms. The number of sulfonamides is 1. The van der Waals surface area contributed by atoms with Crippen LogP contribution < -0.4 is 4.31 Å². The van der Waals surface area contributed by atoms with Gasteiger partial charge in [0.05, 0.1) is 27.7 Å². The number of carbonyl (C=O) groups is 1. The van der Waals surface area contributed by atoms with Crippen molar-refractivity contribution < 1.29 is 26.0 Å². The molecule has 0 fully saturated rings. The summed E-state index contributed by atoms with van der Waals surface area (Å²) in [7, 11) is -5.83. The Kier molecular flexibility index (Phi) is 7.06. The van der Waals surface area contributed by atoms with Gasteiger partial charge >= 0.3 is 0 Å². The van der Waals surface area contributed by atoms with Crippen LogP contribution in [0.5, 0.6) is 0 Å². The van der Waals surface area contributed by atoms with E-state index in [1.807, 2.05) is 49.4 Å². The second kappa shape index (κ2) is 10.5. The van der Waals surface area contributed by atoms with Crippen LogP contribution in [0.3, 0.4) is 0 Å². The van der Waals surface area contributed by atoms with E-state index in [2.05, 4.69) is 0 Å². The summed E-state index contributed by atoms with van der Waals surface area (Å²) < 4.78 is 60.0. The lowest BCUT2D eigenvalue weighted by atomic mass is 9.94. The van der Waals surface area contributed by atoms with E-state index in [-0.39, 0.29) is 12.2 Å². The van der Waals surface area contributed by atoms with Gasteiger partial charge in [-0.1, -0.05) is 73.2 Å². The van der Waals surface area contributed by atoms with Gasteiger partial charge in [0, 0.05) is 36.0 Å². The Hall–Kier alpha value is -4.21. The first-order valence-electron chi connectivity index (χ1n) is 14.0. The van der Waals surface area contributed by atoms with Crippen molar-refractivity contribution in [3.8, 4) is 22.5 Å². The van der Waals surface area contributed by atoms with Crippen LogP contribution in [-0.4, -0.2) is 35.9 Å². The molecule has 220 valence electrons. The first kappa shape index (κ1) is 28.9. The third-order valence-corrected chi connectivity index (χ3v) is 11.6. The van der Waals surface area contributed by atoms with Crippen LogP contribution in [0.4, 0.5) is 5.69 Å². The molecule has 0 bridgehead atoms. The summed E-state index contributed by atoms with van der Waals surface area (Å²) in [5.41, 5.74) is 5.53. The highest BCUT2D eigenvalue weighted by atomic mass is 32.2. The number of nitrogens with zero attached hydrogens (tertiary/aromatic N) is 1. The number of sulfone groups is 1. The second-order valence-electron chi connectivity index (χ2n) is 11.0. The summed E-state index contributed by atoms with van der Waals surface area (Å²) >= 11 is 0. The Labute approximate surface area is 251 Å².